The number of guanidine groups is 1. The van der Waals surface area contributed by atoms with Gasteiger partial charge in [0.1, 0.15) is 6.33 Å². The molecule has 0 aliphatic carbocycles. The fraction of sp³-hybridized carbons (Fsp3) is 0.310. The molecule has 3 heterocycles. The predicted octanol–water partition coefficient (Wildman–Crippen LogP) is 5.21. The van der Waals surface area contributed by atoms with Crippen LogP contribution in [0.3, 0.4) is 0 Å². The van der Waals surface area contributed by atoms with Gasteiger partial charge in [-0.15, -0.1) is 0 Å². The molecule has 1 aliphatic rings. The summed E-state index contributed by atoms with van der Waals surface area (Å²) in [6.07, 6.45) is 2.56. The topological polar surface area (TPSA) is 162 Å². The molecule has 2 aromatic heterocycles. The SMILES string of the molecule is CC(C)(C)C[C@]1(c2ccc(-c3cnn(C(F)F)c3)cc2)N=C(NC(=O)O)N(C(CO)c2ccc(Cl)c(-c3ncn[nH]3)c2)C1=O. The molecule has 15 heteroatoms. The van der Waals surface area contributed by atoms with Gasteiger partial charge in [0.25, 0.3) is 5.91 Å². The largest absolute Gasteiger partial charge is 0.465 e. The van der Waals surface area contributed by atoms with Crippen LogP contribution in [-0.4, -0.2) is 64.6 Å². The van der Waals surface area contributed by atoms with Gasteiger partial charge in [0.05, 0.1) is 23.9 Å². The number of rotatable bonds is 8. The number of carboxylic acid groups (broad SMARTS) is 1. The summed E-state index contributed by atoms with van der Waals surface area (Å²) >= 11 is 6.41. The van der Waals surface area contributed by atoms with E-state index < -0.39 is 42.2 Å². The summed E-state index contributed by atoms with van der Waals surface area (Å²) in [7, 11) is 0. The van der Waals surface area contributed by atoms with Crippen molar-refractivity contribution in [3.8, 4) is 22.5 Å². The molecule has 4 aromatic rings. The summed E-state index contributed by atoms with van der Waals surface area (Å²) in [5.74, 6) is -0.464. The van der Waals surface area contributed by atoms with Gasteiger partial charge in [0, 0.05) is 17.3 Å². The number of hydrogen-bond donors (Lipinski definition) is 4. The normalized spacial score (nSPS) is 17.7. The lowest BCUT2D eigenvalue weighted by Crippen LogP contribution is -2.49. The smallest absolute Gasteiger partial charge is 0.411 e. The number of amides is 2. The Hall–Kier alpha value is -4.69. The fourth-order valence-electron chi connectivity index (χ4n) is 5.36. The van der Waals surface area contributed by atoms with E-state index in [4.69, 9.17) is 16.6 Å². The van der Waals surface area contributed by atoms with Crippen molar-refractivity contribution in [3.63, 3.8) is 0 Å². The quantitative estimate of drug-likeness (QED) is 0.209. The van der Waals surface area contributed by atoms with Crippen LogP contribution in [0.2, 0.25) is 5.02 Å². The first-order chi connectivity index (χ1) is 20.8. The van der Waals surface area contributed by atoms with Crippen LogP contribution in [0, 0.1) is 5.41 Å². The maximum atomic E-state index is 14.6. The lowest BCUT2D eigenvalue weighted by molar-refractivity contribution is -0.135. The van der Waals surface area contributed by atoms with Gasteiger partial charge in [0.15, 0.2) is 11.4 Å². The highest BCUT2D eigenvalue weighted by atomic mass is 35.5. The number of halogens is 3. The number of hydrogen-bond acceptors (Lipinski definition) is 7. The van der Waals surface area contributed by atoms with Crippen molar-refractivity contribution in [2.75, 3.05) is 6.61 Å². The first-order valence-electron chi connectivity index (χ1n) is 13.5. The van der Waals surface area contributed by atoms with Crippen molar-refractivity contribution in [2.24, 2.45) is 10.4 Å². The molecule has 0 spiro atoms. The van der Waals surface area contributed by atoms with Gasteiger partial charge in [-0.3, -0.25) is 20.1 Å². The Morgan fingerprint density at radius 2 is 1.89 bits per heavy atom. The van der Waals surface area contributed by atoms with E-state index in [2.05, 4.69) is 25.6 Å². The Balaban J connectivity index is 1.60. The monoisotopic (exact) mass is 626 g/mol. The minimum absolute atomic E-state index is 0.172. The molecular formula is C29H29ClF2N8O4. The zero-order valence-electron chi connectivity index (χ0n) is 23.9. The van der Waals surface area contributed by atoms with E-state index in [9.17, 15) is 28.6 Å². The average molecular weight is 627 g/mol. The minimum atomic E-state index is -2.79. The molecule has 2 aromatic carbocycles. The molecule has 0 fully saturated rings. The predicted molar refractivity (Wildman–Crippen MR) is 157 cm³/mol. The summed E-state index contributed by atoms with van der Waals surface area (Å²) in [5.41, 5.74) is 0.312. The molecule has 12 nitrogen and oxygen atoms in total. The van der Waals surface area contributed by atoms with E-state index in [1.54, 1.807) is 42.5 Å². The first kappa shape index (κ1) is 30.8. The van der Waals surface area contributed by atoms with Gasteiger partial charge in [0.2, 0.25) is 5.96 Å². The van der Waals surface area contributed by atoms with E-state index in [1.165, 1.54) is 18.7 Å². The highest BCUT2D eigenvalue weighted by Gasteiger charge is 2.53. The second kappa shape index (κ2) is 11.8. The summed E-state index contributed by atoms with van der Waals surface area (Å²) in [4.78, 5) is 36.5. The molecule has 0 saturated carbocycles. The summed E-state index contributed by atoms with van der Waals surface area (Å²) in [5, 5.41) is 33.2. The van der Waals surface area contributed by atoms with Gasteiger partial charge in [-0.1, -0.05) is 62.7 Å². The summed E-state index contributed by atoms with van der Waals surface area (Å²) < 4.78 is 26.7. The van der Waals surface area contributed by atoms with Gasteiger partial charge in [-0.05, 0) is 40.7 Å². The van der Waals surface area contributed by atoms with E-state index in [-0.39, 0.29) is 12.4 Å². The maximum Gasteiger partial charge on any atom is 0.411 e. The number of aliphatic hydroxyl groups excluding tert-OH is 1. The number of carbonyl (C=O) groups excluding carboxylic acids is 1. The molecule has 2 amide bonds. The second-order valence-electron chi connectivity index (χ2n) is 11.5. The minimum Gasteiger partial charge on any atom is -0.465 e. The van der Waals surface area contributed by atoms with Gasteiger partial charge >= 0.3 is 12.6 Å². The number of benzene rings is 2. The van der Waals surface area contributed by atoms with Crippen molar-refractivity contribution < 1.29 is 28.6 Å². The van der Waals surface area contributed by atoms with Crippen LogP contribution in [0.15, 0.2) is 66.2 Å². The molecule has 0 bridgehead atoms. The third kappa shape index (κ3) is 5.90. The molecule has 2 atom stereocenters. The van der Waals surface area contributed by atoms with E-state index in [1.807, 2.05) is 20.8 Å². The van der Waals surface area contributed by atoms with Crippen LogP contribution in [0.4, 0.5) is 13.6 Å². The van der Waals surface area contributed by atoms with Gasteiger partial charge < -0.3 is 10.2 Å². The lowest BCUT2D eigenvalue weighted by Gasteiger charge is -2.34. The van der Waals surface area contributed by atoms with E-state index in [0.717, 1.165) is 4.90 Å². The van der Waals surface area contributed by atoms with Crippen LogP contribution in [0.1, 0.15) is 50.9 Å². The molecule has 1 aliphatic heterocycles. The third-order valence-corrected chi connectivity index (χ3v) is 7.46. The number of aliphatic hydroxyl groups is 1. The van der Waals surface area contributed by atoms with Crippen LogP contribution in [-0.2, 0) is 10.3 Å². The molecule has 230 valence electrons. The first-order valence-corrected chi connectivity index (χ1v) is 13.8. The fourth-order valence-corrected chi connectivity index (χ4v) is 5.57. The number of aromatic nitrogens is 5. The Morgan fingerprint density at radius 3 is 2.45 bits per heavy atom. The molecular weight excluding hydrogens is 598 g/mol. The van der Waals surface area contributed by atoms with Crippen molar-refractivity contribution in [1.29, 1.82) is 0 Å². The third-order valence-electron chi connectivity index (χ3n) is 7.13. The van der Waals surface area contributed by atoms with E-state index in [0.29, 0.717) is 43.3 Å². The van der Waals surface area contributed by atoms with Crippen LogP contribution < -0.4 is 5.32 Å². The van der Waals surface area contributed by atoms with Crippen molar-refractivity contribution in [1.82, 2.24) is 35.2 Å². The van der Waals surface area contributed by atoms with Crippen molar-refractivity contribution >= 4 is 29.6 Å². The Labute approximate surface area is 255 Å². The van der Waals surface area contributed by atoms with Crippen LogP contribution >= 0.6 is 11.6 Å². The molecule has 4 N–H and O–H groups in total. The number of aliphatic imine (C=N–C) groups is 1. The van der Waals surface area contributed by atoms with Crippen LogP contribution in [0.5, 0.6) is 0 Å². The Bertz CT molecular complexity index is 1700. The Morgan fingerprint density at radius 1 is 1.16 bits per heavy atom. The van der Waals surface area contributed by atoms with E-state index >= 15 is 0 Å². The summed E-state index contributed by atoms with van der Waals surface area (Å²) in [6, 6.07) is 10.4. The zero-order valence-corrected chi connectivity index (χ0v) is 24.6. The standard InChI is InChI=1S/C29H29ClF2N8O4/c1-28(2,3)14-29(19-7-4-16(5-8-19)18-11-35-39(12-18)25(31)32)24(42)40(26(37-29)36-27(43)44)22(13-41)17-6-9-21(30)20(10-17)23-33-15-34-38-23/h4-12,15,22,25,41H,13-14H2,1-3H3,(H,36,37)(H,43,44)(H,33,34,38)/t22?,29-/m1/s1. The highest BCUT2D eigenvalue weighted by Crippen LogP contribution is 2.45. The van der Waals surface area contributed by atoms with Crippen molar-refractivity contribution in [2.45, 2.75) is 45.3 Å². The molecule has 44 heavy (non-hydrogen) atoms. The number of nitrogens with one attached hydrogen (secondary N) is 2. The molecule has 0 saturated heterocycles. The number of aromatic amines is 1. The number of H-pyrrole nitrogens is 1. The number of alkyl halides is 2. The van der Waals surface area contributed by atoms with Crippen molar-refractivity contribution in [3.05, 3.63) is 77.3 Å². The molecule has 1 unspecified atom stereocenters. The Kier molecular flexibility index (Phi) is 8.23. The lowest BCUT2D eigenvalue weighted by atomic mass is 9.75. The maximum absolute atomic E-state index is 14.6. The molecule has 0 radical (unpaired) electrons. The van der Waals surface area contributed by atoms with Crippen LogP contribution in [0.25, 0.3) is 22.5 Å². The average Bonchev–Trinajstić information content (AvgIpc) is 3.72. The summed E-state index contributed by atoms with van der Waals surface area (Å²) in [6.45, 7) is 2.39. The van der Waals surface area contributed by atoms with Gasteiger partial charge in [-0.25, -0.2) is 19.5 Å². The zero-order chi connectivity index (χ0) is 31.8. The highest BCUT2D eigenvalue weighted by molar-refractivity contribution is 6.33. The number of nitrogens with zero attached hydrogens (tertiary/aromatic N) is 6. The van der Waals surface area contributed by atoms with Gasteiger partial charge in [-0.2, -0.15) is 19.0 Å². The molecule has 5 rings (SSSR count). The second-order valence-corrected chi connectivity index (χ2v) is 11.9. The number of carbonyl (C=O) groups is 2.